The summed E-state index contributed by atoms with van der Waals surface area (Å²) < 4.78 is 0. The zero-order valence-corrected chi connectivity index (χ0v) is 11.7. The first kappa shape index (κ1) is 13.5. The van der Waals surface area contributed by atoms with Gasteiger partial charge in [-0.1, -0.05) is 19.3 Å². The topological polar surface area (TPSA) is 68.0 Å². The first-order chi connectivity index (χ1) is 8.57. The van der Waals surface area contributed by atoms with Crippen molar-refractivity contribution in [3.8, 4) is 0 Å². The number of hydrogen-bond acceptors (Lipinski definition) is 4. The Morgan fingerprint density at radius 2 is 2.22 bits per heavy atom. The van der Waals surface area contributed by atoms with E-state index in [0.29, 0.717) is 13.0 Å². The molecule has 0 saturated heterocycles. The average molecular weight is 267 g/mol. The fraction of sp³-hybridized carbons (Fsp3) is 0.692. The summed E-state index contributed by atoms with van der Waals surface area (Å²) in [6, 6.07) is 0. The van der Waals surface area contributed by atoms with Crippen LogP contribution in [0.5, 0.6) is 0 Å². The van der Waals surface area contributed by atoms with E-state index in [1.54, 1.807) is 11.3 Å². The normalized spacial score (nSPS) is 18.6. The number of carbonyl (C=O) groups excluding carboxylic acids is 1. The molecule has 0 bridgehead atoms. The number of nitrogens with two attached hydrogens (primary N) is 1. The Morgan fingerprint density at radius 1 is 1.50 bits per heavy atom. The summed E-state index contributed by atoms with van der Waals surface area (Å²) in [7, 11) is 0. The molecule has 100 valence electrons. The zero-order chi connectivity index (χ0) is 13.0. The third-order valence-electron chi connectivity index (χ3n) is 3.49. The Bertz CT molecular complexity index is 410. The summed E-state index contributed by atoms with van der Waals surface area (Å²) in [6.07, 6.45) is 7.76. The SMILES string of the molecule is Cc1ncc(CNC(=O)CC2(N)CCCCC2)s1. The smallest absolute Gasteiger partial charge is 0.222 e. The number of aryl methyl sites for hydroxylation is 1. The maximum absolute atomic E-state index is 11.9. The molecule has 1 aliphatic rings. The van der Waals surface area contributed by atoms with Crippen LogP contribution in [0, 0.1) is 6.92 Å². The van der Waals surface area contributed by atoms with Crippen LogP contribution >= 0.6 is 11.3 Å². The van der Waals surface area contributed by atoms with E-state index in [2.05, 4.69) is 10.3 Å². The van der Waals surface area contributed by atoms with Gasteiger partial charge in [-0.15, -0.1) is 11.3 Å². The Morgan fingerprint density at radius 3 is 2.83 bits per heavy atom. The van der Waals surface area contributed by atoms with E-state index in [1.165, 1.54) is 6.42 Å². The molecule has 0 atom stereocenters. The monoisotopic (exact) mass is 267 g/mol. The molecule has 1 fully saturated rings. The summed E-state index contributed by atoms with van der Waals surface area (Å²) in [5.74, 6) is 0.0606. The third-order valence-corrected chi connectivity index (χ3v) is 4.40. The Kier molecular flexibility index (Phi) is 4.35. The highest BCUT2D eigenvalue weighted by atomic mass is 32.1. The van der Waals surface area contributed by atoms with Crippen molar-refractivity contribution in [2.24, 2.45) is 5.73 Å². The summed E-state index contributed by atoms with van der Waals surface area (Å²) >= 11 is 1.62. The number of rotatable bonds is 4. The second-order valence-corrected chi connectivity index (χ2v) is 6.54. The Hall–Kier alpha value is -0.940. The van der Waals surface area contributed by atoms with Crippen LogP contribution < -0.4 is 11.1 Å². The van der Waals surface area contributed by atoms with Crippen LogP contribution in [0.1, 0.15) is 48.4 Å². The predicted molar refractivity (Wildman–Crippen MR) is 73.3 cm³/mol. The highest BCUT2D eigenvalue weighted by Gasteiger charge is 2.29. The maximum Gasteiger partial charge on any atom is 0.222 e. The molecule has 18 heavy (non-hydrogen) atoms. The number of carbonyl (C=O) groups is 1. The zero-order valence-electron chi connectivity index (χ0n) is 10.9. The molecule has 1 amide bonds. The van der Waals surface area contributed by atoms with Crippen molar-refractivity contribution < 1.29 is 4.79 Å². The molecule has 5 heteroatoms. The van der Waals surface area contributed by atoms with Crippen molar-refractivity contribution in [3.63, 3.8) is 0 Å². The fourth-order valence-corrected chi connectivity index (χ4v) is 3.22. The van der Waals surface area contributed by atoms with E-state index in [1.807, 2.05) is 13.1 Å². The van der Waals surface area contributed by atoms with Crippen LogP contribution in [0.25, 0.3) is 0 Å². The van der Waals surface area contributed by atoms with Gasteiger partial charge in [0.2, 0.25) is 5.91 Å². The van der Waals surface area contributed by atoms with Crippen molar-refractivity contribution in [2.45, 2.75) is 57.5 Å². The molecule has 3 N–H and O–H groups in total. The van der Waals surface area contributed by atoms with Gasteiger partial charge in [0.25, 0.3) is 0 Å². The molecule has 0 aliphatic heterocycles. The summed E-state index contributed by atoms with van der Waals surface area (Å²) in [5, 5.41) is 3.97. The van der Waals surface area contributed by atoms with E-state index in [4.69, 9.17) is 5.73 Å². The molecule has 1 aliphatic carbocycles. The second-order valence-electron chi connectivity index (χ2n) is 5.22. The number of nitrogens with one attached hydrogen (secondary N) is 1. The van der Waals surface area contributed by atoms with Gasteiger partial charge in [-0.2, -0.15) is 0 Å². The summed E-state index contributed by atoms with van der Waals surface area (Å²) in [5.41, 5.74) is 5.99. The van der Waals surface area contributed by atoms with Crippen LogP contribution in [0.4, 0.5) is 0 Å². The first-order valence-electron chi connectivity index (χ1n) is 6.54. The van der Waals surface area contributed by atoms with Crippen LogP contribution in [-0.4, -0.2) is 16.4 Å². The minimum absolute atomic E-state index is 0.0606. The molecule has 1 aromatic heterocycles. The predicted octanol–water partition coefficient (Wildman–Crippen LogP) is 2.12. The largest absolute Gasteiger partial charge is 0.351 e. The lowest BCUT2D eigenvalue weighted by molar-refractivity contribution is -0.122. The van der Waals surface area contributed by atoms with Crippen LogP contribution in [0.15, 0.2) is 6.20 Å². The van der Waals surface area contributed by atoms with Crippen LogP contribution in [-0.2, 0) is 11.3 Å². The van der Waals surface area contributed by atoms with Gasteiger partial charge in [0.05, 0.1) is 11.6 Å². The molecule has 1 aromatic rings. The van der Waals surface area contributed by atoms with E-state index < -0.39 is 0 Å². The second kappa shape index (κ2) is 5.80. The van der Waals surface area contributed by atoms with Gasteiger partial charge in [0.1, 0.15) is 0 Å². The molecule has 0 unspecified atom stereocenters. The van der Waals surface area contributed by atoms with Gasteiger partial charge >= 0.3 is 0 Å². The van der Waals surface area contributed by atoms with Crippen molar-refractivity contribution in [3.05, 3.63) is 16.1 Å². The van der Waals surface area contributed by atoms with Crippen LogP contribution in [0.3, 0.4) is 0 Å². The lowest BCUT2D eigenvalue weighted by atomic mass is 9.80. The number of amides is 1. The number of thiazole rings is 1. The molecule has 1 heterocycles. The lowest BCUT2D eigenvalue weighted by Crippen LogP contribution is -2.45. The number of nitrogens with zero attached hydrogens (tertiary/aromatic N) is 1. The van der Waals surface area contributed by atoms with E-state index in [-0.39, 0.29) is 11.4 Å². The maximum atomic E-state index is 11.9. The van der Waals surface area contributed by atoms with Crippen molar-refractivity contribution >= 4 is 17.2 Å². The Labute approximate surface area is 112 Å². The molecule has 1 saturated carbocycles. The average Bonchev–Trinajstić information content (AvgIpc) is 2.73. The molecule has 0 aromatic carbocycles. The first-order valence-corrected chi connectivity index (χ1v) is 7.36. The minimum Gasteiger partial charge on any atom is -0.351 e. The molecule has 0 spiro atoms. The van der Waals surface area contributed by atoms with Gasteiger partial charge in [-0.3, -0.25) is 4.79 Å². The van der Waals surface area contributed by atoms with Gasteiger partial charge in [-0.05, 0) is 19.8 Å². The highest BCUT2D eigenvalue weighted by molar-refractivity contribution is 7.11. The van der Waals surface area contributed by atoms with Crippen LogP contribution in [0.2, 0.25) is 0 Å². The fourth-order valence-electron chi connectivity index (χ4n) is 2.49. The molecule has 0 radical (unpaired) electrons. The molecule has 2 rings (SSSR count). The lowest BCUT2D eigenvalue weighted by Gasteiger charge is -2.32. The van der Waals surface area contributed by atoms with Gasteiger partial charge in [0.15, 0.2) is 0 Å². The third kappa shape index (κ3) is 3.78. The van der Waals surface area contributed by atoms with Crippen molar-refractivity contribution in [1.82, 2.24) is 10.3 Å². The quantitative estimate of drug-likeness (QED) is 0.878. The molecular formula is C13H21N3OS. The standard InChI is InChI=1S/C13H21N3OS/c1-10-15-8-11(18-10)9-16-12(17)7-13(14)5-3-2-4-6-13/h8H,2-7,9,14H2,1H3,(H,16,17). The highest BCUT2D eigenvalue weighted by Crippen LogP contribution is 2.28. The van der Waals surface area contributed by atoms with Gasteiger partial charge in [0, 0.05) is 23.0 Å². The minimum atomic E-state index is -0.272. The molecule has 4 nitrogen and oxygen atoms in total. The van der Waals surface area contributed by atoms with Gasteiger partial charge < -0.3 is 11.1 Å². The van der Waals surface area contributed by atoms with E-state index in [0.717, 1.165) is 35.6 Å². The number of hydrogen-bond donors (Lipinski definition) is 2. The Balaban J connectivity index is 1.78. The summed E-state index contributed by atoms with van der Waals surface area (Å²) in [6.45, 7) is 2.54. The van der Waals surface area contributed by atoms with Crippen molar-refractivity contribution in [1.29, 1.82) is 0 Å². The van der Waals surface area contributed by atoms with E-state index >= 15 is 0 Å². The number of aromatic nitrogens is 1. The molecular weight excluding hydrogens is 246 g/mol. The van der Waals surface area contributed by atoms with Gasteiger partial charge in [-0.25, -0.2) is 4.98 Å². The van der Waals surface area contributed by atoms with Crippen molar-refractivity contribution in [2.75, 3.05) is 0 Å². The summed E-state index contributed by atoms with van der Waals surface area (Å²) in [4.78, 5) is 17.1. The van der Waals surface area contributed by atoms with E-state index in [9.17, 15) is 4.79 Å².